The van der Waals surface area contributed by atoms with Gasteiger partial charge in [0.2, 0.25) is 0 Å². The summed E-state index contributed by atoms with van der Waals surface area (Å²) in [7, 11) is 0. The van der Waals surface area contributed by atoms with Gasteiger partial charge in [0.1, 0.15) is 0 Å². The van der Waals surface area contributed by atoms with Crippen molar-refractivity contribution in [3.8, 4) is 0 Å². The van der Waals surface area contributed by atoms with Gasteiger partial charge in [0, 0.05) is 0 Å². The normalized spacial score (nSPS) is 9.44. The zero-order valence-corrected chi connectivity index (χ0v) is 6.92. The van der Waals surface area contributed by atoms with Crippen molar-refractivity contribution in [3.63, 3.8) is 0 Å². The first-order chi connectivity index (χ1) is 4.43. The summed E-state index contributed by atoms with van der Waals surface area (Å²) in [5.74, 6) is 0. The molecular weight excluding hydrogens is 175 g/mol. The fourth-order valence-electron chi connectivity index (χ4n) is 0.763. The van der Waals surface area contributed by atoms with E-state index in [4.69, 9.17) is 0 Å². The maximum atomic E-state index is 2.99. The molecule has 0 heterocycles. The molecule has 0 amide bonds. The monoisotopic (exact) mass is 185 g/mol. The molecule has 1 aromatic rings. The van der Waals surface area contributed by atoms with Crippen LogP contribution < -0.4 is 0 Å². The van der Waals surface area contributed by atoms with E-state index in [-0.39, 0.29) is 0 Å². The predicted molar refractivity (Wildman–Crippen MR) is 40.7 cm³/mol. The molecule has 1 radical (unpaired) electrons. The predicted octanol–water partition coefficient (Wildman–Crippen LogP) is 1.82. The summed E-state index contributed by atoms with van der Waals surface area (Å²) in [6.45, 7) is 0. The first-order valence-corrected chi connectivity index (χ1v) is 4.26. The molecule has 1 aromatic carbocycles. The molecule has 9 heavy (non-hydrogen) atoms. The van der Waals surface area contributed by atoms with E-state index in [2.05, 4.69) is 40.3 Å². The van der Waals surface area contributed by atoms with Gasteiger partial charge in [-0.3, -0.25) is 0 Å². The third-order valence-corrected chi connectivity index (χ3v) is 1.66. The van der Waals surface area contributed by atoms with Gasteiger partial charge in [-0.25, -0.2) is 0 Å². The van der Waals surface area contributed by atoms with Crippen molar-refractivity contribution in [3.05, 3.63) is 35.9 Å². The minimum absolute atomic E-state index is 1.12. The topological polar surface area (TPSA) is 0 Å². The Morgan fingerprint density at radius 1 is 1.11 bits per heavy atom. The number of hydrogen-bond donors (Lipinski definition) is 0. The van der Waals surface area contributed by atoms with Crippen LogP contribution in [0.5, 0.6) is 0 Å². The molecule has 0 atom stereocenters. The molecule has 1 heteroatoms. The zero-order chi connectivity index (χ0) is 6.53. The third kappa shape index (κ3) is 2.21. The van der Waals surface area contributed by atoms with E-state index in [1.54, 1.807) is 0 Å². The molecule has 0 spiro atoms. The van der Waals surface area contributed by atoms with Gasteiger partial charge in [0.25, 0.3) is 0 Å². The van der Waals surface area contributed by atoms with Crippen molar-refractivity contribution < 1.29 is 0 Å². The van der Waals surface area contributed by atoms with E-state index < -0.39 is 0 Å². The van der Waals surface area contributed by atoms with E-state index in [9.17, 15) is 0 Å². The zero-order valence-electron chi connectivity index (χ0n) is 5.21. The second-order valence-corrected chi connectivity index (χ2v) is 2.80. The summed E-state index contributed by atoms with van der Waals surface area (Å²) in [5.41, 5.74) is 1.41. The standard InChI is InChI=1S/C8H9Se/c9-7-6-8-4-2-1-3-5-8/h1-5H,6-7H2. The summed E-state index contributed by atoms with van der Waals surface area (Å²) >= 11 is 2.99. The van der Waals surface area contributed by atoms with Crippen LogP contribution in [0.1, 0.15) is 5.56 Å². The van der Waals surface area contributed by atoms with Crippen molar-refractivity contribution in [2.24, 2.45) is 0 Å². The second-order valence-electron chi connectivity index (χ2n) is 1.94. The molecule has 0 aliphatic rings. The van der Waals surface area contributed by atoms with Gasteiger partial charge in [-0.2, -0.15) is 0 Å². The number of benzene rings is 1. The van der Waals surface area contributed by atoms with Gasteiger partial charge in [0.15, 0.2) is 0 Å². The van der Waals surface area contributed by atoms with Crippen LogP contribution >= 0.6 is 0 Å². The molecule has 0 saturated carbocycles. The van der Waals surface area contributed by atoms with Gasteiger partial charge < -0.3 is 0 Å². The number of aryl methyl sites for hydroxylation is 1. The molecule has 1 rings (SSSR count). The fourth-order valence-corrected chi connectivity index (χ4v) is 1.26. The van der Waals surface area contributed by atoms with E-state index in [0.717, 1.165) is 11.7 Å². The van der Waals surface area contributed by atoms with Crippen LogP contribution in [0.25, 0.3) is 0 Å². The third-order valence-electron chi connectivity index (χ3n) is 1.23. The molecule has 0 unspecified atom stereocenters. The molecule has 0 N–H and O–H groups in total. The van der Waals surface area contributed by atoms with E-state index in [0.29, 0.717) is 0 Å². The van der Waals surface area contributed by atoms with Crippen molar-refractivity contribution >= 4 is 16.0 Å². The average Bonchev–Trinajstić information content (AvgIpc) is 1.91. The molecule has 0 nitrogen and oxygen atoms in total. The molecule has 0 bridgehead atoms. The number of rotatable bonds is 2. The van der Waals surface area contributed by atoms with Crippen LogP contribution in [0.3, 0.4) is 0 Å². The van der Waals surface area contributed by atoms with Gasteiger partial charge in [0.05, 0.1) is 0 Å². The van der Waals surface area contributed by atoms with Gasteiger partial charge in [-0.1, -0.05) is 0 Å². The van der Waals surface area contributed by atoms with Gasteiger partial charge in [-0.05, 0) is 0 Å². The van der Waals surface area contributed by atoms with Crippen LogP contribution in [0.15, 0.2) is 30.3 Å². The first kappa shape index (κ1) is 6.85. The van der Waals surface area contributed by atoms with Crippen LogP contribution in [0, 0.1) is 0 Å². The van der Waals surface area contributed by atoms with E-state index in [1.165, 1.54) is 5.56 Å². The van der Waals surface area contributed by atoms with Crippen LogP contribution in [-0.4, -0.2) is 16.0 Å². The first-order valence-electron chi connectivity index (χ1n) is 3.05. The molecule has 0 aliphatic carbocycles. The summed E-state index contributed by atoms with van der Waals surface area (Å²) in [6.07, 6.45) is 1.15. The molecule has 0 saturated heterocycles. The Hall–Kier alpha value is -0.261. The van der Waals surface area contributed by atoms with Crippen molar-refractivity contribution in [1.29, 1.82) is 0 Å². The average molecular weight is 184 g/mol. The minimum atomic E-state index is 1.12. The fraction of sp³-hybridized carbons (Fsp3) is 0.250. The number of hydrogen-bond acceptors (Lipinski definition) is 0. The SMILES string of the molecule is [Se]CCc1ccccc1. The maximum absolute atomic E-state index is 2.99. The molecular formula is C8H9Se. The van der Waals surface area contributed by atoms with Crippen LogP contribution in [0.2, 0.25) is 5.32 Å². The molecule has 0 aliphatic heterocycles. The Morgan fingerprint density at radius 3 is 2.33 bits per heavy atom. The Balaban J connectivity index is 2.61. The summed E-state index contributed by atoms with van der Waals surface area (Å²) in [4.78, 5) is 0. The Labute approximate surface area is 64.1 Å². The van der Waals surface area contributed by atoms with Gasteiger partial charge in [-0.15, -0.1) is 0 Å². The van der Waals surface area contributed by atoms with E-state index in [1.807, 2.05) is 6.07 Å². The summed E-state index contributed by atoms with van der Waals surface area (Å²) < 4.78 is 0. The summed E-state index contributed by atoms with van der Waals surface area (Å²) in [5, 5.41) is 1.12. The molecule has 0 aromatic heterocycles. The second kappa shape index (κ2) is 3.71. The molecule has 0 fully saturated rings. The Morgan fingerprint density at radius 2 is 1.78 bits per heavy atom. The van der Waals surface area contributed by atoms with Crippen LogP contribution in [-0.2, 0) is 6.42 Å². The van der Waals surface area contributed by atoms with Crippen molar-refractivity contribution in [2.45, 2.75) is 11.7 Å². The van der Waals surface area contributed by atoms with Gasteiger partial charge >= 0.3 is 63.6 Å². The van der Waals surface area contributed by atoms with Crippen LogP contribution in [0.4, 0.5) is 0 Å². The quantitative estimate of drug-likeness (QED) is 0.615. The summed E-state index contributed by atoms with van der Waals surface area (Å²) in [6, 6.07) is 10.5. The van der Waals surface area contributed by atoms with Crippen molar-refractivity contribution in [1.82, 2.24) is 0 Å². The van der Waals surface area contributed by atoms with Crippen molar-refractivity contribution in [2.75, 3.05) is 0 Å². The Kier molecular flexibility index (Phi) is 2.82. The Bertz CT molecular complexity index is 157. The van der Waals surface area contributed by atoms with E-state index >= 15 is 0 Å². The molecule has 47 valence electrons.